The van der Waals surface area contributed by atoms with E-state index >= 15 is 0 Å². The van der Waals surface area contributed by atoms with Gasteiger partial charge >= 0.3 is 0 Å². The fourth-order valence-corrected chi connectivity index (χ4v) is 1.44. The molecule has 15 heavy (non-hydrogen) atoms. The third-order valence-corrected chi connectivity index (χ3v) is 2.97. The van der Waals surface area contributed by atoms with E-state index in [4.69, 9.17) is 0 Å². The van der Waals surface area contributed by atoms with Crippen molar-refractivity contribution in [1.29, 1.82) is 0 Å². The third-order valence-electron chi connectivity index (χ3n) is 2.08. The van der Waals surface area contributed by atoms with Gasteiger partial charge in [0, 0.05) is 23.1 Å². The molecule has 0 radical (unpaired) electrons. The second-order valence-corrected chi connectivity index (χ2v) is 4.18. The minimum absolute atomic E-state index is 0.0270. The molecule has 0 aliphatic rings. The number of nitrogens with one attached hydrogen (secondary N) is 2. The van der Waals surface area contributed by atoms with Crippen LogP contribution in [0.2, 0.25) is 0 Å². The molecule has 1 aromatic carbocycles. The smallest absolute Gasteiger partial charge is 0.251 e. The van der Waals surface area contributed by atoms with Crippen molar-refractivity contribution in [3.8, 4) is 0 Å². The number of amides is 1. The molecule has 0 saturated heterocycles. The van der Waals surface area contributed by atoms with Crippen molar-refractivity contribution in [1.82, 2.24) is 10.6 Å². The van der Waals surface area contributed by atoms with Crippen molar-refractivity contribution < 1.29 is 4.79 Å². The van der Waals surface area contributed by atoms with E-state index in [1.165, 1.54) is 0 Å². The molecule has 1 rings (SSSR count). The van der Waals surface area contributed by atoms with E-state index in [2.05, 4.69) is 26.6 Å². The SMILES string of the molecule is CNCCNC(=O)c1ccc(Br)c(C)c1. The highest BCUT2D eigenvalue weighted by Crippen LogP contribution is 2.16. The predicted molar refractivity (Wildman–Crippen MR) is 65.1 cm³/mol. The number of halogens is 1. The van der Waals surface area contributed by atoms with Gasteiger partial charge in [-0.3, -0.25) is 4.79 Å². The summed E-state index contributed by atoms with van der Waals surface area (Å²) in [4.78, 5) is 11.6. The summed E-state index contributed by atoms with van der Waals surface area (Å²) in [7, 11) is 1.86. The van der Waals surface area contributed by atoms with Gasteiger partial charge < -0.3 is 10.6 Å². The lowest BCUT2D eigenvalue weighted by atomic mass is 10.1. The summed E-state index contributed by atoms with van der Waals surface area (Å²) in [6.07, 6.45) is 0. The summed E-state index contributed by atoms with van der Waals surface area (Å²) < 4.78 is 1.02. The molecular weight excluding hydrogens is 256 g/mol. The maximum Gasteiger partial charge on any atom is 0.251 e. The summed E-state index contributed by atoms with van der Waals surface area (Å²) in [5.74, 6) is -0.0270. The van der Waals surface area contributed by atoms with Gasteiger partial charge in [-0.2, -0.15) is 0 Å². The largest absolute Gasteiger partial charge is 0.351 e. The highest BCUT2D eigenvalue weighted by molar-refractivity contribution is 9.10. The average Bonchev–Trinajstić information content (AvgIpc) is 2.22. The van der Waals surface area contributed by atoms with Gasteiger partial charge in [-0.25, -0.2) is 0 Å². The molecule has 82 valence electrons. The molecule has 0 aromatic heterocycles. The molecule has 0 aliphatic heterocycles. The number of rotatable bonds is 4. The molecule has 2 N–H and O–H groups in total. The topological polar surface area (TPSA) is 41.1 Å². The first kappa shape index (κ1) is 12.2. The molecule has 0 fully saturated rings. The summed E-state index contributed by atoms with van der Waals surface area (Å²) in [6.45, 7) is 3.39. The molecule has 0 bridgehead atoms. The monoisotopic (exact) mass is 270 g/mol. The molecule has 0 spiro atoms. The average molecular weight is 271 g/mol. The highest BCUT2D eigenvalue weighted by atomic mass is 79.9. The lowest BCUT2D eigenvalue weighted by Gasteiger charge is -2.06. The summed E-state index contributed by atoms with van der Waals surface area (Å²) in [5.41, 5.74) is 1.77. The zero-order valence-electron chi connectivity index (χ0n) is 8.93. The van der Waals surface area contributed by atoms with Gasteiger partial charge in [-0.1, -0.05) is 15.9 Å². The van der Waals surface area contributed by atoms with E-state index in [-0.39, 0.29) is 5.91 Å². The summed E-state index contributed by atoms with van der Waals surface area (Å²) >= 11 is 3.40. The van der Waals surface area contributed by atoms with Crippen LogP contribution in [0.1, 0.15) is 15.9 Å². The standard InChI is InChI=1S/C11H15BrN2O/c1-8-7-9(3-4-10(8)12)11(15)14-6-5-13-2/h3-4,7,13H,5-6H2,1-2H3,(H,14,15). The molecule has 1 amide bonds. The normalized spacial score (nSPS) is 10.1. The van der Waals surface area contributed by atoms with Gasteiger partial charge in [-0.05, 0) is 37.7 Å². The first-order chi connectivity index (χ1) is 7.15. The second kappa shape index (κ2) is 5.88. The van der Waals surface area contributed by atoms with Gasteiger partial charge in [0.15, 0.2) is 0 Å². The van der Waals surface area contributed by atoms with Crippen LogP contribution in [0.15, 0.2) is 22.7 Å². The van der Waals surface area contributed by atoms with Crippen molar-refractivity contribution >= 4 is 21.8 Å². The molecule has 1 aromatic rings. The predicted octanol–water partition coefficient (Wildman–Crippen LogP) is 1.71. The van der Waals surface area contributed by atoms with Crippen molar-refractivity contribution in [2.45, 2.75) is 6.92 Å². The molecule has 0 unspecified atom stereocenters. The highest BCUT2D eigenvalue weighted by Gasteiger charge is 2.05. The molecule has 4 heteroatoms. The van der Waals surface area contributed by atoms with Crippen LogP contribution in [-0.4, -0.2) is 26.0 Å². The lowest BCUT2D eigenvalue weighted by molar-refractivity contribution is 0.0954. The number of carbonyl (C=O) groups excluding carboxylic acids is 1. The zero-order chi connectivity index (χ0) is 11.3. The van der Waals surface area contributed by atoms with E-state index in [9.17, 15) is 4.79 Å². The number of likely N-dealkylation sites (N-methyl/N-ethyl adjacent to an activating group) is 1. The number of carbonyl (C=O) groups is 1. The molecular formula is C11H15BrN2O. The Bertz CT molecular complexity index is 352. The van der Waals surface area contributed by atoms with Gasteiger partial charge in [0.1, 0.15) is 0 Å². The summed E-state index contributed by atoms with van der Waals surface area (Å²) in [5, 5.41) is 5.80. The van der Waals surface area contributed by atoms with Crippen LogP contribution in [0.25, 0.3) is 0 Å². The minimum atomic E-state index is -0.0270. The van der Waals surface area contributed by atoms with Gasteiger partial charge in [-0.15, -0.1) is 0 Å². The van der Waals surface area contributed by atoms with Crippen molar-refractivity contribution in [3.05, 3.63) is 33.8 Å². The molecule has 0 atom stereocenters. The number of aryl methyl sites for hydroxylation is 1. The Morgan fingerprint density at radius 2 is 2.13 bits per heavy atom. The number of hydrogen-bond acceptors (Lipinski definition) is 2. The molecule has 0 aliphatic carbocycles. The maximum atomic E-state index is 11.6. The first-order valence-electron chi connectivity index (χ1n) is 4.84. The van der Waals surface area contributed by atoms with Gasteiger partial charge in [0.2, 0.25) is 0 Å². The van der Waals surface area contributed by atoms with Crippen LogP contribution in [0.3, 0.4) is 0 Å². The fourth-order valence-electron chi connectivity index (χ4n) is 1.19. The van der Waals surface area contributed by atoms with Gasteiger partial charge in [0.05, 0.1) is 0 Å². The minimum Gasteiger partial charge on any atom is -0.351 e. The van der Waals surface area contributed by atoms with Crippen LogP contribution in [0.4, 0.5) is 0 Å². The van der Waals surface area contributed by atoms with E-state index in [1.54, 1.807) is 0 Å². The second-order valence-electron chi connectivity index (χ2n) is 3.32. The lowest BCUT2D eigenvalue weighted by Crippen LogP contribution is -2.30. The fraction of sp³-hybridized carbons (Fsp3) is 0.364. The van der Waals surface area contributed by atoms with E-state index in [1.807, 2.05) is 32.2 Å². The maximum absolute atomic E-state index is 11.6. The quantitative estimate of drug-likeness (QED) is 0.818. The Kier molecular flexibility index (Phi) is 4.78. The first-order valence-corrected chi connectivity index (χ1v) is 5.63. The van der Waals surface area contributed by atoms with Crippen molar-refractivity contribution in [3.63, 3.8) is 0 Å². The van der Waals surface area contributed by atoms with Crippen molar-refractivity contribution in [2.75, 3.05) is 20.1 Å². The Balaban J connectivity index is 2.62. The molecule has 0 saturated carbocycles. The molecule has 3 nitrogen and oxygen atoms in total. The van der Waals surface area contributed by atoms with Crippen LogP contribution in [-0.2, 0) is 0 Å². The summed E-state index contributed by atoms with van der Waals surface area (Å²) in [6, 6.07) is 5.58. The van der Waals surface area contributed by atoms with E-state index in [0.717, 1.165) is 16.6 Å². The number of benzene rings is 1. The Morgan fingerprint density at radius 3 is 2.73 bits per heavy atom. The third kappa shape index (κ3) is 3.64. The van der Waals surface area contributed by atoms with Crippen LogP contribution in [0, 0.1) is 6.92 Å². The Labute approximate surface area is 98.4 Å². The molecule has 0 heterocycles. The van der Waals surface area contributed by atoms with Crippen LogP contribution in [0.5, 0.6) is 0 Å². The van der Waals surface area contributed by atoms with Crippen LogP contribution < -0.4 is 10.6 Å². The van der Waals surface area contributed by atoms with Crippen LogP contribution >= 0.6 is 15.9 Å². The Morgan fingerprint density at radius 1 is 1.40 bits per heavy atom. The Hall–Kier alpha value is -0.870. The zero-order valence-corrected chi connectivity index (χ0v) is 10.5. The van der Waals surface area contributed by atoms with E-state index in [0.29, 0.717) is 12.1 Å². The van der Waals surface area contributed by atoms with Crippen molar-refractivity contribution in [2.24, 2.45) is 0 Å². The number of hydrogen-bond donors (Lipinski definition) is 2. The van der Waals surface area contributed by atoms with Gasteiger partial charge in [0.25, 0.3) is 5.91 Å². The van der Waals surface area contributed by atoms with E-state index < -0.39 is 0 Å².